The Balaban J connectivity index is 2.20. The fourth-order valence-electron chi connectivity index (χ4n) is 2.94. The van der Waals surface area contributed by atoms with E-state index in [9.17, 15) is 0 Å². The van der Waals surface area contributed by atoms with Crippen LogP contribution in [0.2, 0.25) is 0 Å². The molecule has 74 valence electrons. The third-order valence-corrected chi connectivity index (χ3v) is 3.86. The highest BCUT2D eigenvalue weighted by molar-refractivity contribution is 5.61. The minimum atomic E-state index is 0.269. The van der Waals surface area contributed by atoms with Crippen molar-refractivity contribution in [3.05, 3.63) is 29.8 Å². The Kier molecular flexibility index (Phi) is 1.62. The van der Waals surface area contributed by atoms with Crippen LogP contribution in [0.1, 0.15) is 18.4 Å². The minimum absolute atomic E-state index is 0.269. The van der Waals surface area contributed by atoms with Crippen molar-refractivity contribution in [1.82, 2.24) is 5.32 Å². The van der Waals surface area contributed by atoms with Gasteiger partial charge in [-0.3, -0.25) is 0 Å². The molecule has 0 aromatic heterocycles. The average molecular weight is 188 g/mol. The van der Waals surface area contributed by atoms with E-state index in [2.05, 4.69) is 41.5 Å². The van der Waals surface area contributed by atoms with E-state index < -0.39 is 0 Å². The third-order valence-electron chi connectivity index (χ3n) is 3.86. The van der Waals surface area contributed by atoms with Gasteiger partial charge in [-0.15, -0.1) is 0 Å². The Labute approximate surface area is 84.9 Å². The Bertz CT molecular complexity index is 351. The molecule has 1 N–H and O–H groups in total. The molecule has 3 aliphatic heterocycles. The molecule has 0 radical (unpaired) electrons. The van der Waals surface area contributed by atoms with E-state index in [4.69, 9.17) is 0 Å². The molecule has 0 amide bonds. The second-order valence-corrected chi connectivity index (χ2v) is 4.34. The van der Waals surface area contributed by atoms with Crippen LogP contribution in [0.25, 0.3) is 0 Å². The van der Waals surface area contributed by atoms with Gasteiger partial charge < -0.3 is 10.2 Å². The number of hydrogen-bond donors (Lipinski definition) is 1. The predicted octanol–water partition coefficient (Wildman–Crippen LogP) is 1.72. The molecule has 1 aromatic carbocycles. The summed E-state index contributed by atoms with van der Waals surface area (Å²) >= 11 is 0. The fourth-order valence-corrected chi connectivity index (χ4v) is 2.94. The second kappa shape index (κ2) is 2.74. The number of fused-ring (bicyclic) bond motifs is 2. The molecule has 1 saturated heterocycles. The molecule has 2 bridgehead atoms. The number of anilines is 1. The zero-order chi connectivity index (χ0) is 9.60. The van der Waals surface area contributed by atoms with Crippen molar-refractivity contribution in [2.24, 2.45) is 0 Å². The zero-order valence-corrected chi connectivity index (χ0v) is 8.59. The van der Waals surface area contributed by atoms with Gasteiger partial charge in [0.15, 0.2) is 0 Å². The molecule has 0 unspecified atom stereocenters. The van der Waals surface area contributed by atoms with Crippen LogP contribution in [0.3, 0.4) is 0 Å². The molecule has 2 nitrogen and oxygen atoms in total. The summed E-state index contributed by atoms with van der Waals surface area (Å²) in [6, 6.07) is 8.82. The van der Waals surface area contributed by atoms with Gasteiger partial charge in [0.1, 0.15) is 0 Å². The molecule has 0 aliphatic carbocycles. The topological polar surface area (TPSA) is 15.3 Å². The van der Waals surface area contributed by atoms with E-state index in [1.807, 2.05) is 0 Å². The summed E-state index contributed by atoms with van der Waals surface area (Å²) < 4.78 is 0. The SMILES string of the molecule is CNC12CCN(CC1)c1ccccc12. The van der Waals surface area contributed by atoms with Gasteiger partial charge in [-0.2, -0.15) is 0 Å². The number of nitrogens with one attached hydrogen (secondary N) is 1. The highest BCUT2D eigenvalue weighted by atomic mass is 15.2. The molecule has 1 fully saturated rings. The summed E-state index contributed by atoms with van der Waals surface area (Å²) in [7, 11) is 2.10. The molecule has 3 aliphatic rings. The molecular weight excluding hydrogens is 172 g/mol. The number of para-hydroxylation sites is 1. The Morgan fingerprint density at radius 3 is 2.64 bits per heavy atom. The van der Waals surface area contributed by atoms with Gasteiger partial charge in [0.25, 0.3) is 0 Å². The highest BCUT2D eigenvalue weighted by Crippen LogP contribution is 2.44. The maximum atomic E-state index is 3.53. The van der Waals surface area contributed by atoms with Crippen molar-refractivity contribution < 1.29 is 0 Å². The molecule has 14 heavy (non-hydrogen) atoms. The normalized spacial score (nSPS) is 22.2. The first-order valence-electron chi connectivity index (χ1n) is 5.39. The Morgan fingerprint density at radius 1 is 1.21 bits per heavy atom. The lowest BCUT2D eigenvalue weighted by atomic mass is 9.76. The maximum Gasteiger partial charge on any atom is 0.0486 e. The average Bonchev–Trinajstić information content (AvgIpc) is 2.31. The summed E-state index contributed by atoms with van der Waals surface area (Å²) in [6.07, 6.45) is 2.50. The van der Waals surface area contributed by atoms with Crippen LogP contribution in [0, 0.1) is 0 Å². The Morgan fingerprint density at radius 2 is 1.93 bits per heavy atom. The highest BCUT2D eigenvalue weighted by Gasteiger charge is 2.41. The Hall–Kier alpha value is -1.02. The summed E-state index contributed by atoms with van der Waals surface area (Å²) in [5.74, 6) is 0. The van der Waals surface area contributed by atoms with Gasteiger partial charge in [0.2, 0.25) is 0 Å². The molecule has 0 saturated carbocycles. The number of benzene rings is 1. The lowest BCUT2D eigenvalue weighted by molar-refractivity contribution is 0.264. The van der Waals surface area contributed by atoms with Gasteiger partial charge in [-0.1, -0.05) is 18.2 Å². The van der Waals surface area contributed by atoms with Crippen molar-refractivity contribution in [1.29, 1.82) is 0 Å². The van der Waals surface area contributed by atoms with E-state index in [-0.39, 0.29) is 5.54 Å². The first-order valence-corrected chi connectivity index (χ1v) is 5.39. The fraction of sp³-hybridized carbons (Fsp3) is 0.500. The molecule has 4 rings (SSSR count). The van der Waals surface area contributed by atoms with Gasteiger partial charge in [0, 0.05) is 24.3 Å². The van der Waals surface area contributed by atoms with Gasteiger partial charge in [-0.05, 0) is 31.5 Å². The third kappa shape index (κ3) is 0.894. The van der Waals surface area contributed by atoms with Crippen LogP contribution >= 0.6 is 0 Å². The summed E-state index contributed by atoms with van der Waals surface area (Å²) in [5.41, 5.74) is 3.21. The lowest BCUT2D eigenvalue weighted by Gasteiger charge is -2.50. The number of rotatable bonds is 1. The van der Waals surface area contributed by atoms with Crippen LogP contribution < -0.4 is 10.2 Å². The van der Waals surface area contributed by atoms with Crippen LogP contribution in [0.4, 0.5) is 5.69 Å². The van der Waals surface area contributed by atoms with Gasteiger partial charge in [0.05, 0.1) is 0 Å². The van der Waals surface area contributed by atoms with Crippen LogP contribution in [0.15, 0.2) is 24.3 Å². The van der Waals surface area contributed by atoms with Crippen molar-refractivity contribution in [2.45, 2.75) is 18.4 Å². The van der Waals surface area contributed by atoms with Crippen molar-refractivity contribution in [3.8, 4) is 0 Å². The van der Waals surface area contributed by atoms with Crippen molar-refractivity contribution >= 4 is 5.69 Å². The van der Waals surface area contributed by atoms with Crippen molar-refractivity contribution in [3.63, 3.8) is 0 Å². The van der Waals surface area contributed by atoms with Crippen LogP contribution in [-0.2, 0) is 5.54 Å². The summed E-state index contributed by atoms with van der Waals surface area (Å²) in [4.78, 5) is 2.51. The van der Waals surface area contributed by atoms with E-state index in [1.165, 1.54) is 37.2 Å². The number of hydrogen-bond acceptors (Lipinski definition) is 2. The monoisotopic (exact) mass is 188 g/mol. The smallest absolute Gasteiger partial charge is 0.0486 e. The first kappa shape index (κ1) is 8.30. The van der Waals surface area contributed by atoms with Crippen LogP contribution in [-0.4, -0.2) is 20.1 Å². The summed E-state index contributed by atoms with van der Waals surface area (Å²) in [6.45, 7) is 2.41. The molecule has 0 spiro atoms. The zero-order valence-electron chi connectivity index (χ0n) is 8.59. The standard InChI is InChI=1S/C12H16N2/c1-13-12-6-8-14(9-7-12)11-5-3-2-4-10(11)12/h2-5,13H,6-9H2,1H3. The van der Waals surface area contributed by atoms with Crippen molar-refractivity contribution in [2.75, 3.05) is 25.0 Å². The molecule has 0 atom stereocenters. The van der Waals surface area contributed by atoms with E-state index in [1.54, 1.807) is 0 Å². The minimum Gasteiger partial charge on any atom is -0.371 e. The molecule has 3 heterocycles. The second-order valence-electron chi connectivity index (χ2n) is 4.34. The molecule has 2 heteroatoms. The first-order chi connectivity index (χ1) is 6.86. The lowest BCUT2D eigenvalue weighted by Crippen LogP contribution is -2.55. The van der Waals surface area contributed by atoms with Crippen LogP contribution in [0.5, 0.6) is 0 Å². The quantitative estimate of drug-likeness (QED) is 0.722. The molecule has 1 aromatic rings. The van der Waals surface area contributed by atoms with E-state index >= 15 is 0 Å². The van der Waals surface area contributed by atoms with Gasteiger partial charge >= 0.3 is 0 Å². The van der Waals surface area contributed by atoms with E-state index in [0.717, 1.165) is 0 Å². The van der Waals surface area contributed by atoms with E-state index in [0.29, 0.717) is 0 Å². The largest absolute Gasteiger partial charge is 0.371 e. The predicted molar refractivity (Wildman–Crippen MR) is 58.6 cm³/mol. The molecular formula is C12H16N2. The number of nitrogens with zero attached hydrogens (tertiary/aromatic N) is 1. The maximum absolute atomic E-state index is 3.53. The van der Waals surface area contributed by atoms with Gasteiger partial charge in [-0.25, -0.2) is 0 Å². The summed E-state index contributed by atoms with van der Waals surface area (Å²) in [5, 5.41) is 3.53. The number of piperidine rings is 1.